The van der Waals surface area contributed by atoms with Gasteiger partial charge in [-0.25, -0.2) is 9.97 Å². The van der Waals surface area contributed by atoms with E-state index in [4.69, 9.17) is 34.8 Å². The van der Waals surface area contributed by atoms with Crippen LogP contribution in [0.2, 0.25) is 15.2 Å². The molecule has 1 aromatic carbocycles. The molecule has 0 aliphatic rings. The number of aromatic nitrogens is 3. The van der Waals surface area contributed by atoms with Crippen molar-refractivity contribution in [2.45, 2.75) is 6.42 Å². The van der Waals surface area contributed by atoms with E-state index in [1.807, 2.05) is 35.9 Å². The molecule has 0 radical (unpaired) electrons. The molecule has 3 aromatic rings. The molecule has 6 heteroatoms. The Hall–Kier alpha value is -1.29. The van der Waals surface area contributed by atoms with Crippen LogP contribution in [0.15, 0.2) is 30.3 Å². The van der Waals surface area contributed by atoms with E-state index >= 15 is 0 Å². The lowest BCUT2D eigenvalue weighted by Crippen LogP contribution is -2.02. The van der Waals surface area contributed by atoms with Gasteiger partial charge in [-0.05, 0) is 18.2 Å². The lowest BCUT2D eigenvalue weighted by Gasteiger charge is -2.06. The van der Waals surface area contributed by atoms with Crippen LogP contribution < -0.4 is 0 Å². The zero-order valence-electron chi connectivity index (χ0n) is 10.6. The molecule has 0 aliphatic heterocycles. The second-order valence-electron chi connectivity index (χ2n) is 4.44. The van der Waals surface area contributed by atoms with Crippen LogP contribution in [0.5, 0.6) is 0 Å². The molecule has 0 spiro atoms. The Labute approximate surface area is 131 Å². The van der Waals surface area contributed by atoms with Crippen molar-refractivity contribution >= 4 is 45.8 Å². The summed E-state index contributed by atoms with van der Waals surface area (Å²) in [6.07, 6.45) is 0.501. The van der Waals surface area contributed by atoms with Gasteiger partial charge in [0.1, 0.15) is 11.0 Å². The van der Waals surface area contributed by atoms with E-state index in [1.165, 1.54) is 0 Å². The van der Waals surface area contributed by atoms with Crippen molar-refractivity contribution in [1.29, 1.82) is 0 Å². The number of nitrogens with zero attached hydrogens (tertiary/aromatic N) is 3. The van der Waals surface area contributed by atoms with E-state index < -0.39 is 0 Å². The monoisotopic (exact) mass is 325 g/mol. The van der Waals surface area contributed by atoms with Crippen molar-refractivity contribution in [2.24, 2.45) is 7.05 Å². The Morgan fingerprint density at radius 2 is 1.80 bits per heavy atom. The Bertz CT molecular complexity index is 796. The second kappa shape index (κ2) is 5.24. The molecule has 2 heterocycles. The highest BCUT2D eigenvalue weighted by atomic mass is 35.5. The fraction of sp³-hybridized carbons (Fsp3) is 0.143. The zero-order valence-corrected chi connectivity index (χ0v) is 12.8. The first-order valence-corrected chi connectivity index (χ1v) is 7.10. The Morgan fingerprint density at radius 3 is 2.55 bits per heavy atom. The minimum atomic E-state index is 0.254. The van der Waals surface area contributed by atoms with Crippen molar-refractivity contribution in [3.05, 3.63) is 57.0 Å². The maximum Gasteiger partial charge on any atom is 0.148 e. The van der Waals surface area contributed by atoms with Gasteiger partial charge in [-0.3, -0.25) is 0 Å². The maximum atomic E-state index is 6.16. The third-order valence-corrected chi connectivity index (χ3v) is 4.16. The number of hydrogen-bond donors (Lipinski definition) is 0. The fourth-order valence-electron chi connectivity index (χ4n) is 2.11. The number of benzene rings is 1. The van der Waals surface area contributed by atoms with E-state index in [0.717, 1.165) is 16.9 Å². The van der Waals surface area contributed by atoms with Gasteiger partial charge in [-0.15, -0.1) is 0 Å². The molecule has 3 nitrogen and oxygen atoms in total. The molecule has 0 unspecified atom stereocenters. The van der Waals surface area contributed by atoms with Crippen LogP contribution in [-0.4, -0.2) is 14.5 Å². The summed E-state index contributed by atoms with van der Waals surface area (Å²) in [7, 11) is 1.97. The summed E-state index contributed by atoms with van der Waals surface area (Å²) in [5, 5.41) is 1.10. The molecular weight excluding hydrogens is 317 g/mol. The first kappa shape index (κ1) is 13.7. The average Bonchev–Trinajstić information content (AvgIpc) is 2.73. The Morgan fingerprint density at radius 1 is 1.05 bits per heavy atom. The molecule has 102 valence electrons. The number of pyridine rings is 1. The van der Waals surface area contributed by atoms with Gasteiger partial charge in [0.05, 0.1) is 26.8 Å². The highest BCUT2D eigenvalue weighted by Crippen LogP contribution is 2.27. The molecule has 0 fully saturated rings. The van der Waals surface area contributed by atoms with Crippen LogP contribution in [0.1, 0.15) is 11.5 Å². The van der Waals surface area contributed by atoms with E-state index in [1.54, 1.807) is 6.07 Å². The largest absolute Gasteiger partial charge is 0.331 e. The molecule has 20 heavy (non-hydrogen) atoms. The minimum Gasteiger partial charge on any atom is -0.331 e. The Kier molecular flexibility index (Phi) is 3.59. The zero-order chi connectivity index (χ0) is 14.3. The third kappa shape index (κ3) is 2.37. The first-order chi connectivity index (χ1) is 9.56. The van der Waals surface area contributed by atoms with Crippen LogP contribution in [-0.2, 0) is 13.5 Å². The summed E-state index contributed by atoms with van der Waals surface area (Å²) in [6.45, 7) is 0. The van der Waals surface area contributed by atoms with Gasteiger partial charge < -0.3 is 4.57 Å². The fourth-order valence-corrected chi connectivity index (χ4v) is 2.69. The van der Waals surface area contributed by atoms with Gasteiger partial charge in [0, 0.05) is 13.5 Å². The molecule has 0 saturated heterocycles. The summed E-state index contributed by atoms with van der Waals surface area (Å²) >= 11 is 18.0. The highest BCUT2D eigenvalue weighted by molar-refractivity contribution is 6.42. The number of halogens is 3. The minimum absolute atomic E-state index is 0.254. The summed E-state index contributed by atoms with van der Waals surface area (Å²) in [5.41, 5.74) is 2.68. The second-order valence-corrected chi connectivity index (χ2v) is 5.61. The first-order valence-electron chi connectivity index (χ1n) is 5.97. The van der Waals surface area contributed by atoms with Crippen LogP contribution in [0.4, 0.5) is 0 Å². The standard InChI is InChI=1S/C14H10Cl3N3/c1-20-12-5-3-2-4-10(12)18-13(20)7-11-8(15)6-9(16)14(17)19-11/h2-6H,7H2,1H3. The third-order valence-electron chi connectivity index (χ3n) is 3.16. The normalized spacial score (nSPS) is 11.2. The van der Waals surface area contributed by atoms with Crippen molar-refractivity contribution in [3.63, 3.8) is 0 Å². The predicted octanol–water partition coefficient (Wildman–Crippen LogP) is 4.52. The number of aryl methyl sites for hydroxylation is 1. The lowest BCUT2D eigenvalue weighted by molar-refractivity contribution is 0.832. The predicted molar refractivity (Wildman–Crippen MR) is 82.8 cm³/mol. The number of imidazole rings is 1. The molecular formula is C14H10Cl3N3. The van der Waals surface area contributed by atoms with Gasteiger partial charge in [0.15, 0.2) is 0 Å². The summed E-state index contributed by atoms with van der Waals surface area (Å²) in [6, 6.07) is 9.55. The lowest BCUT2D eigenvalue weighted by atomic mass is 10.2. The molecule has 0 atom stereocenters. The maximum absolute atomic E-state index is 6.16. The van der Waals surface area contributed by atoms with Gasteiger partial charge in [0.2, 0.25) is 0 Å². The highest BCUT2D eigenvalue weighted by Gasteiger charge is 2.13. The van der Waals surface area contributed by atoms with Crippen LogP contribution in [0.3, 0.4) is 0 Å². The topological polar surface area (TPSA) is 30.7 Å². The summed E-state index contributed by atoms with van der Waals surface area (Å²) < 4.78 is 2.02. The number of fused-ring (bicyclic) bond motifs is 1. The van der Waals surface area contributed by atoms with Crippen molar-refractivity contribution in [2.75, 3.05) is 0 Å². The smallest absolute Gasteiger partial charge is 0.148 e. The molecule has 0 bridgehead atoms. The molecule has 0 saturated carbocycles. The van der Waals surface area contributed by atoms with Gasteiger partial charge in [-0.1, -0.05) is 46.9 Å². The Balaban J connectivity index is 2.05. The van der Waals surface area contributed by atoms with Gasteiger partial charge >= 0.3 is 0 Å². The molecule has 0 aliphatic carbocycles. The van der Waals surface area contributed by atoms with Crippen LogP contribution in [0, 0.1) is 0 Å². The van der Waals surface area contributed by atoms with E-state index in [9.17, 15) is 0 Å². The molecule has 2 aromatic heterocycles. The van der Waals surface area contributed by atoms with Gasteiger partial charge in [0.25, 0.3) is 0 Å². The summed E-state index contributed by atoms with van der Waals surface area (Å²) in [5.74, 6) is 0.874. The SMILES string of the molecule is Cn1c(Cc2nc(Cl)c(Cl)cc2Cl)nc2ccccc21. The summed E-state index contributed by atoms with van der Waals surface area (Å²) in [4.78, 5) is 8.82. The van der Waals surface area contributed by atoms with Crippen molar-refractivity contribution < 1.29 is 0 Å². The van der Waals surface area contributed by atoms with Crippen molar-refractivity contribution in [1.82, 2.24) is 14.5 Å². The van der Waals surface area contributed by atoms with Crippen LogP contribution in [0.25, 0.3) is 11.0 Å². The van der Waals surface area contributed by atoms with E-state index in [2.05, 4.69) is 9.97 Å². The van der Waals surface area contributed by atoms with Crippen molar-refractivity contribution in [3.8, 4) is 0 Å². The molecule has 0 amide bonds. The van der Waals surface area contributed by atoms with Gasteiger partial charge in [-0.2, -0.15) is 0 Å². The number of hydrogen-bond acceptors (Lipinski definition) is 2. The van der Waals surface area contributed by atoms with E-state index in [0.29, 0.717) is 22.2 Å². The molecule has 0 N–H and O–H groups in total. The number of rotatable bonds is 2. The van der Waals surface area contributed by atoms with Crippen LogP contribution >= 0.6 is 34.8 Å². The molecule has 3 rings (SSSR count). The quantitative estimate of drug-likeness (QED) is 0.648. The average molecular weight is 327 g/mol. The van der Waals surface area contributed by atoms with E-state index in [-0.39, 0.29) is 5.15 Å². The number of para-hydroxylation sites is 2.